The van der Waals surface area contributed by atoms with Crippen LogP contribution in [0, 0.1) is 0 Å². The smallest absolute Gasteiger partial charge is 0.407 e. The average Bonchev–Trinajstić information content (AvgIpc) is 3.02. The van der Waals surface area contributed by atoms with E-state index in [0.717, 1.165) is 10.9 Å². The van der Waals surface area contributed by atoms with Gasteiger partial charge in [0.2, 0.25) is 0 Å². The molecule has 0 saturated carbocycles. The second-order valence-corrected chi connectivity index (χ2v) is 6.23. The molecule has 1 saturated heterocycles. The molecule has 0 bridgehead atoms. The predicted octanol–water partition coefficient (Wildman–Crippen LogP) is 1.26. The number of rotatable bonds is 3. The molecule has 1 atom stereocenters. The van der Waals surface area contributed by atoms with E-state index in [1.165, 1.54) is 4.90 Å². The van der Waals surface area contributed by atoms with Crippen molar-refractivity contribution >= 4 is 44.8 Å². The number of carboxylic acid groups (broad SMARTS) is 1. The molecule has 3 heterocycles. The van der Waals surface area contributed by atoms with E-state index >= 15 is 0 Å². The number of nitrogen functional groups attached to an aromatic ring is 1. The molecule has 1 aliphatic rings. The van der Waals surface area contributed by atoms with Gasteiger partial charge in [0.15, 0.2) is 17.3 Å². The fraction of sp³-hybridized carbons (Fsp3) is 0.385. The Hall–Kier alpha value is -2.20. The first-order chi connectivity index (χ1) is 11.0. The minimum absolute atomic E-state index is 0.0894. The number of likely N-dealkylation sites (N-methyl/N-ethyl adjacent to an activating group) is 1. The summed E-state index contributed by atoms with van der Waals surface area (Å²) in [6, 6.07) is 1.72. The Morgan fingerprint density at radius 2 is 2.35 bits per heavy atom. The number of aromatic nitrogens is 3. The summed E-state index contributed by atoms with van der Waals surface area (Å²) in [6.45, 7) is 1.21. The zero-order valence-corrected chi connectivity index (χ0v) is 14.0. The molecular formula is C13H16BrN7O2. The van der Waals surface area contributed by atoms with Crippen molar-refractivity contribution in [3.8, 4) is 0 Å². The summed E-state index contributed by atoms with van der Waals surface area (Å²) in [7, 11) is 1.57. The van der Waals surface area contributed by atoms with Crippen LogP contribution in [0.15, 0.2) is 16.7 Å². The molecule has 9 nitrogen and oxygen atoms in total. The van der Waals surface area contributed by atoms with Crippen molar-refractivity contribution in [1.29, 1.82) is 0 Å². The molecule has 0 spiro atoms. The van der Waals surface area contributed by atoms with Crippen molar-refractivity contribution in [2.45, 2.75) is 12.5 Å². The Labute approximate surface area is 140 Å². The minimum atomic E-state index is -0.940. The van der Waals surface area contributed by atoms with E-state index in [1.54, 1.807) is 13.2 Å². The third-order valence-electron chi connectivity index (χ3n) is 3.92. The Morgan fingerprint density at radius 3 is 3.04 bits per heavy atom. The highest BCUT2D eigenvalue weighted by Gasteiger charge is 2.30. The Kier molecular flexibility index (Phi) is 4.18. The van der Waals surface area contributed by atoms with Crippen molar-refractivity contribution in [3.05, 3.63) is 16.7 Å². The number of halogens is 1. The largest absolute Gasteiger partial charge is 0.465 e. The highest BCUT2D eigenvalue weighted by Crippen LogP contribution is 2.28. The standard InChI is InChI=1S/C13H16BrN7O2/c1-20(13(22)23)8-2-3-21(6-8)12-11(19-15)17-9-4-7(14)5-16-10(9)18-12/h4-5,8H,2-3,6,15H2,1H3,(H,17,19)(H,22,23). The number of nitrogens with two attached hydrogens (primary N) is 1. The van der Waals surface area contributed by atoms with Gasteiger partial charge in [-0.2, -0.15) is 0 Å². The first-order valence-corrected chi connectivity index (χ1v) is 7.79. The second-order valence-electron chi connectivity index (χ2n) is 5.32. The van der Waals surface area contributed by atoms with Crippen LogP contribution >= 0.6 is 15.9 Å². The number of fused-ring (bicyclic) bond motifs is 1. The highest BCUT2D eigenvalue weighted by molar-refractivity contribution is 9.10. The van der Waals surface area contributed by atoms with Crippen molar-refractivity contribution in [2.75, 3.05) is 30.5 Å². The third kappa shape index (κ3) is 2.99. The summed E-state index contributed by atoms with van der Waals surface area (Å²) in [5.74, 6) is 6.59. The summed E-state index contributed by atoms with van der Waals surface area (Å²) < 4.78 is 0.805. The molecule has 2 aromatic heterocycles. The lowest BCUT2D eigenvalue weighted by atomic mass is 10.2. The van der Waals surface area contributed by atoms with Gasteiger partial charge in [-0.25, -0.2) is 25.6 Å². The van der Waals surface area contributed by atoms with E-state index in [2.05, 4.69) is 36.3 Å². The summed E-state index contributed by atoms with van der Waals surface area (Å²) in [5, 5.41) is 9.10. The number of anilines is 2. The predicted molar refractivity (Wildman–Crippen MR) is 89.2 cm³/mol. The molecule has 1 amide bonds. The van der Waals surface area contributed by atoms with Gasteiger partial charge in [-0.05, 0) is 28.4 Å². The van der Waals surface area contributed by atoms with Gasteiger partial charge in [-0.15, -0.1) is 0 Å². The van der Waals surface area contributed by atoms with Crippen LogP contribution in [-0.4, -0.2) is 57.2 Å². The Bertz CT molecular complexity index is 756. The van der Waals surface area contributed by atoms with E-state index in [9.17, 15) is 4.79 Å². The van der Waals surface area contributed by atoms with Gasteiger partial charge < -0.3 is 20.3 Å². The molecule has 23 heavy (non-hydrogen) atoms. The molecule has 3 rings (SSSR count). The van der Waals surface area contributed by atoms with Crippen LogP contribution in [0.4, 0.5) is 16.4 Å². The number of hydrazine groups is 1. The second kappa shape index (κ2) is 6.13. The molecule has 1 fully saturated rings. The maximum atomic E-state index is 11.1. The molecule has 0 aromatic carbocycles. The van der Waals surface area contributed by atoms with Gasteiger partial charge in [0.05, 0.1) is 6.04 Å². The first kappa shape index (κ1) is 15.7. The number of amides is 1. The quantitative estimate of drug-likeness (QED) is 0.536. The molecule has 10 heteroatoms. The lowest BCUT2D eigenvalue weighted by Gasteiger charge is -2.23. The number of nitrogens with one attached hydrogen (secondary N) is 1. The fourth-order valence-corrected chi connectivity index (χ4v) is 2.96. The third-order valence-corrected chi connectivity index (χ3v) is 4.35. The normalized spacial score (nSPS) is 17.5. The highest BCUT2D eigenvalue weighted by atomic mass is 79.9. The van der Waals surface area contributed by atoms with Crippen molar-refractivity contribution in [1.82, 2.24) is 19.9 Å². The maximum absolute atomic E-state index is 11.1. The lowest BCUT2D eigenvalue weighted by Crippen LogP contribution is -2.38. The van der Waals surface area contributed by atoms with Crippen LogP contribution in [-0.2, 0) is 0 Å². The van der Waals surface area contributed by atoms with Crippen LogP contribution in [0.5, 0.6) is 0 Å². The summed E-state index contributed by atoms with van der Waals surface area (Å²) in [5.41, 5.74) is 3.69. The van der Waals surface area contributed by atoms with Gasteiger partial charge in [0, 0.05) is 30.8 Å². The molecule has 1 unspecified atom stereocenters. The van der Waals surface area contributed by atoms with Gasteiger partial charge in [0.1, 0.15) is 5.52 Å². The van der Waals surface area contributed by atoms with Crippen LogP contribution in [0.3, 0.4) is 0 Å². The number of hydrogen-bond donors (Lipinski definition) is 3. The summed E-state index contributed by atoms with van der Waals surface area (Å²) >= 11 is 3.35. The Balaban J connectivity index is 1.93. The maximum Gasteiger partial charge on any atom is 0.407 e. The summed E-state index contributed by atoms with van der Waals surface area (Å²) in [6.07, 6.45) is 1.44. The molecule has 4 N–H and O–H groups in total. The van der Waals surface area contributed by atoms with Crippen LogP contribution in [0.2, 0.25) is 0 Å². The Morgan fingerprint density at radius 1 is 1.57 bits per heavy atom. The van der Waals surface area contributed by atoms with Crippen LogP contribution < -0.4 is 16.2 Å². The van der Waals surface area contributed by atoms with E-state index in [-0.39, 0.29) is 6.04 Å². The van der Waals surface area contributed by atoms with Gasteiger partial charge in [0.25, 0.3) is 0 Å². The van der Waals surface area contributed by atoms with Crippen LogP contribution in [0.1, 0.15) is 6.42 Å². The molecule has 1 aliphatic heterocycles. The van der Waals surface area contributed by atoms with Crippen molar-refractivity contribution in [3.63, 3.8) is 0 Å². The zero-order chi connectivity index (χ0) is 16.6. The number of nitrogens with zero attached hydrogens (tertiary/aromatic N) is 5. The molecular weight excluding hydrogens is 366 g/mol. The number of hydrogen-bond acceptors (Lipinski definition) is 7. The lowest BCUT2D eigenvalue weighted by molar-refractivity contribution is 0.142. The van der Waals surface area contributed by atoms with Gasteiger partial charge in [-0.3, -0.25) is 0 Å². The monoisotopic (exact) mass is 381 g/mol. The van der Waals surface area contributed by atoms with Crippen LogP contribution in [0.25, 0.3) is 11.2 Å². The number of pyridine rings is 1. The minimum Gasteiger partial charge on any atom is -0.465 e. The molecule has 0 radical (unpaired) electrons. The van der Waals surface area contributed by atoms with E-state index in [0.29, 0.717) is 35.9 Å². The first-order valence-electron chi connectivity index (χ1n) is 7.00. The topological polar surface area (TPSA) is 120 Å². The van der Waals surface area contributed by atoms with E-state index in [4.69, 9.17) is 10.9 Å². The van der Waals surface area contributed by atoms with Gasteiger partial charge >= 0.3 is 6.09 Å². The average molecular weight is 382 g/mol. The van der Waals surface area contributed by atoms with E-state index < -0.39 is 6.09 Å². The molecule has 0 aliphatic carbocycles. The number of carbonyl (C=O) groups is 1. The van der Waals surface area contributed by atoms with Crippen molar-refractivity contribution < 1.29 is 9.90 Å². The fourth-order valence-electron chi connectivity index (χ4n) is 2.64. The summed E-state index contributed by atoms with van der Waals surface area (Å²) in [4.78, 5) is 27.6. The van der Waals surface area contributed by atoms with Gasteiger partial charge in [-0.1, -0.05) is 0 Å². The molecule has 122 valence electrons. The molecule has 2 aromatic rings. The van der Waals surface area contributed by atoms with E-state index in [1.807, 2.05) is 11.0 Å². The zero-order valence-electron chi connectivity index (χ0n) is 12.4. The SMILES string of the molecule is CN(C(=O)O)C1CCN(c2nc3ncc(Br)cc3nc2NN)C1. The van der Waals surface area contributed by atoms with Crippen molar-refractivity contribution in [2.24, 2.45) is 5.84 Å².